The Kier molecular flexibility index (Phi) is 7.92. The molecule has 0 aromatic heterocycles. The predicted molar refractivity (Wildman–Crippen MR) is 141 cm³/mol. The molecule has 4 amide bonds. The Labute approximate surface area is 230 Å². The van der Waals surface area contributed by atoms with Gasteiger partial charge in [0.25, 0.3) is 11.8 Å². The highest BCUT2D eigenvalue weighted by Gasteiger charge is 2.46. The van der Waals surface area contributed by atoms with Crippen LogP contribution >= 0.6 is 0 Å². The number of rotatable bonds is 5. The van der Waals surface area contributed by atoms with E-state index in [1.807, 2.05) is 12.2 Å². The van der Waals surface area contributed by atoms with Crippen molar-refractivity contribution in [2.75, 3.05) is 13.1 Å². The van der Waals surface area contributed by atoms with Crippen LogP contribution in [0, 0.1) is 0 Å². The number of hydrogen-bond donors (Lipinski definition) is 3. The van der Waals surface area contributed by atoms with Crippen molar-refractivity contribution in [1.29, 1.82) is 0 Å². The molecule has 0 spiro atoms. The quantitative estimate of drug-likeness (QED) is 0.368. The minimum atomic E-state index is -1.51. The van der Waals surface area contributed by atoms with Gasteiger partial charge in [-0.15, -0.1) is 0 Å². The third-order valence-corrected chi connectivity index (χ3v) is 7.32. The monoisotopic (exact) mass is 546 g/mol. The second-order valence-corrected chi connectivity index (χ2v) is 10.0. The molecule has 208 valence electrons. The SMILES string of the molecule is O=C1CC(NC(=O)[C@@H]2CN(C(=O)c3ccccc3)C[C@@H]3CC=CC[C@H](NC(=O)c4ccccc4)C(=O)N32)C(O)O1. The summed E-state index contributed by atoms with van der Waals surface area (Å²) < 4.78 is 4.75. The van der Waals surface area contributed by atoms with Gasteiger partial charge in [0.2, 0.25) is 18.1 Å². The summed E-state index contributed by atoms with van der Waals surface area (Å²) in [7, 11) is 0. The molecule has 0 bridgehead atoms. The van der Waals surface area contributed by atoms with Gasteiger partial charge in [0.15, 0.2) is 0 Å². The van der Waals surface area contributed by atoms with E-state index in [2.05, 4.69) is 10.6 Å². The minimum absolute atomic E-state index is 0.109. The number of cyclic esters (lactones) is 1. The van der Waals surface area contributed by atoms with Gasteiger partial charge in [-0.25, -0.2) is 0 Å². The van der Waals surface area contributed by atoms with E-state index in [0.29, 0.717) is 17.5 Å². The van der Waals surface area contributed by atoms with Gasteiger partial charge < -0.3 is 30.3 Å². The predicted octanol–water partition coefficient (Wildman–Crippen LogP) is 0.607. The van der Waals surface area contributed by atoms with Gasteiger partial charge in [-0.1, -0.05) is 48.6 Å². The molecule has 11 nitrogen and oxygen atoms in total. The van der Waals surface area contributed by atoms with Crippen molar-refractivity contribution in [3.63, 3.8) is 0 Å². The molecule has 0 aliphatic carbocycles. The van der Waals surface area contributed by atoms with Crippen LogP contribution in [-0.4, -0.2) is 88.1 Å². The van der Waals surface area contributed by atoms with Crippen molar-refractivity contribution in [3.05, 3.63) is 83.9 Å². The van der Waals surface area contributed by atoms with Gasteiger partial charge in [0, 0.05) is 17.7 Å². The van der Waals surface area contributed by atoms with E-state index < -0.39 is 54.1 Å². The van der Waals surface area contributed by atoms with Crippen molar-refractivity contribution in [2.45, 2.75) is 49.7 Å². The molecule has 2 unspecified atom stereocenters. The van der Waals surface area contributed by atoms with Crippen LogP contribution in [0.3, 0.4) is 0 Å². The topological polar surface area (TPSA) is 145 Å². The molecule has 3 N–H and O–H groups in total. The van der Waals surface area contributed by atoms with Crippen LogP contribution in [0.4, 0.5) is 0 Å². The standard InChI is InChI=1S/C29H30N4O7/c34-24-15-22(29(39)40-24)31-26(36)23-17-32(27(37)19-11-5-2-6-12-19)16-20-13-7-8-14-21(28(38)33(20)23)30-25(35)18-9-3-1-4-10-18/h1-12,20-23,29,39H,13-17H2,(H,30,35)(H,31,36)/t20-,21-,22?,23-,29?/m0/s1. The van der Waals surface area contributed by atoms with Crippen LogP contribution in [0.2, 0.25) is 0 Å². The number of nitrogens with zero attached hydrogens (tertiary/aromatic N) is 2. The van der Waals surface area contributed by atoms with Crippen LogP contribution in [0.15, 0.2) is 72.8 Å². The lowest BCUT2D eigenvalue weighted by Crippen LogP contribution is -2.68. The Bertz CT molecular complexity index is 1320. The number of ether oxygens (including phenoxy) is 1. The summed E-state index contributed by atoms with van der Waals surface area (Å²) >= 11 is 0. The van der Waals surface area contributed by atoms with Gasteiger partial charge in [0.1, 0.15) is 18.1 Å². The highest BCUT2D eigenvalue weighted by Crippen LogP contribution is 2.25. The number of nitrogens with one attached hydrogen (secondary N) is 2. The fraction of sp³-hybridized carbons (Fsp3) is 0.345. The number of carbonyl (C=O) groups excluding carboxylic acids is 5. The fourth-order valence-electron chi connectivity index (χ4n) is 5.29. The summed E-state index contributed by atoms with van der Waals surface area (Å²) in [4.78, 5) is 68.5. The lowest BCUT2D eigenvalue weighted by molar-refractivity contribution is -0.156. The third-order valence-electron chi connectivity index (χ3n) is 7.32. The molecule has 0 saturated carbocycles. The van der Waals surface area contributed by atoms with E-state index >= 15 is 0 Å². The van der Waals surface area contributed by atoms with Crippen molar-refractivity contribution in [1.82, 2.24) is 20.4 Å². The average Bonchev–Trinajstić information content (AvgIpc) is 3.29. The zero-order chi connectivity index (χ0) is 28.2. The summed E-state index contributed by atoms with van der Waals surface area (Å²) in [5.41, 5.74) is 0.839. The molecule has 2 saturated heterocycles. The first-order chi connectivity index (χ1) is 19.3. The van der Waals surface area contributed by atoms with Crippen molar-refractivity contribution in [2.24, 2.45) is 0 Å². The van der Waals surface area contributed by atoms with E-state index in [9.17, 15) is 29.1 Å². The summed E-state index contributed by atoms with van der Waals surface area (Å²) in [6.07, 6.45) is 2.58. The number of carbonyl (C=O) groups is 5. The van der Waals surface area contributed by atoms with Gasteiger partial charge in [-0.2, -0.15) is 0 Å². The minimum Gasteiger partial charge on any atom is -0.434 e. The normalized spacial score (nSPS) is 26.3. The molecule has 3 aliphatic heterocycles. The zero-order valence-corrected chi connectivity index (χ0v) is 21.6. The maximum atomic E-state index is 14.0. The fourth-order valence-corrected chi connectivity index (χ4v) is 5.29. The second-order valence-electron chi connectivity index (χ2n) is 10.0. The smallest absolute Gasteiger partial charge is 0.310 e. The van der Waals surface area contributed by atoms with E-state index in [0.717, 1.165) is 0 Å². The molecule has 5 rings (SSSR count). The third kappa shape index (κ3) is 5.74. The maximum Gasteiger partial charge on any atom is 0.310 e. The van der Waals surface area contributed by atoms with E-state index in [1.54, 1.807) is 60.7 Å². The molecule has 0 radical (unpaired) electrons. The summed E-state index contributed by atoms with van der Waals surface area (Å²) in [6, 6.07) is 13.5. The molecule has 3 aliphatic rings. The van der Waals surface area contributed by atoms with E-state index in [-0.39, 0.29) is 31.8 Å². The molecule has 2 aromatic carbocycles. The molecule has 5 atom stereocenters. The Hall–Kier alpha value is -4.51. The Morgan fingerprint density at radius 2 is 1.50 bits per heavy atom. The zero-order valence-electron chi connectivity index (χ0n) is 21.6. The number of amides is 4. The molecule has 11 heteroatoms. The largest absolute Gasteiger partial charge is 0.434 e. The van der Waals surface area contributed by atoms with Crippen molar-refractivity contribution < 1.29 is 33.8 Å². The molecule has 2 aromatic rings. The number of hydrogen-bond acceptors (Lipinski definition) is 7. The van der Waals surface area contributed by atoms with Crippen LogP contribution in [0.5, 0.6) is 0 Å². The summed E-state index contributed by atoms with van der Waals surface area (Å²) in [6.45, 7) is 0.0725. The first kappa shape index (κ1) is 27.1. The Morgan fingerprint density at radius 3 is 2.15 bits per heavy atom. The van der Waals surface area contributed by atoms with Crippen molar-refractivity contribution in [3.8, 4) is 0 Å². The van der Waals surface area contributed by atoms with Gasteiger partial charge in [-0.05, 0) is 37.1 Å². The number of aliphatic hydroxyl groups excluding tert-OH is 1. The van der Waals surface area contributed by atoms with Crippen LogP contribution in [-0.2, 0) is 19.1 Å². The molecule has 2 fully saturated rings. The summed E-state index contributed by atoms with van der Waals surface area (Å²) in [5.74, 6) is -2.46. The lowest BCUT2D eigenvalue weighted by Gasteiger charge is -2.47. The highest BCUT2D eigenvalue weighted by atomic mass is 16.6. The molecular formula is C29H30N4O7. The Balaban J connectivity index is 1.43. The van der Waals surface area contributed by atoms with Gasteiger partial charge >= 0.3 is 5.97 Å². The van der Waals surface area contributed by atoms with Gasteiger partial charge in [0.05, 0.1) is 19.0 Å². The van der Waals surface area contributed by atoms with Crippen LogP contribution in [0.25, 0.3) is 0 Å². The number of benzene rings is 2. The summed E-state index contributed by atoms with van der Waals surface area (Å²) in [5, 5.41) is 15.5. The molecule has 3 heterocycles. The lowest BCUT2D eigenvalue weighted by atomic mass is 9.96. The average molecular weight is 547 g/mol. The number of piperazine rings is 1. The maximum absolute atomic E-state index is 14.0. The first-order valence-corrected chi connectivity index (χ1v) is 13.2. The van der Waals surface area contributed by atoms with Crippen LogP contribution < -0.4 is 10.6 Å². The molecule has 40 heavy (non-hydrogen) atoms. The second kappa shape index (κ2) is 11.7. The number of fused-ring (bicyclic) bond motifs is 1. The molecular weight excluding hydrogens is 516 g/mol. The number of esters is 1. The van der Waals surface area contributed by atoms with Gasteiger partial charge in [-0.3, -0.25) is 24.0 Å². The van der Waals surface area contributed by atoms with E-state index in [4.69, 9.17) is 4.74 Å². The Morgan fingerprint density at radius 1 is 0.850 bits per heavy atom. The van der Waals surface area contributed by atoms with E-state index in [1.165, 1.54) is 9.80 Å². The van der Waals surface area contributed by atoms with Crippen molar-refractivity contribution >= 4 is 29.6 Å². The van der Waals surface area contributed by atoms with Crippen LogP contribution in [0.1, 0.15) is 40.0 Å². The number of aliphatic hydroxyl groups is 1. The first-order valence-electron chi connectivity index (χ1n) is 13.2. The highest BCUT2D eigenvalue weighted by molar-refractivity contribution is 5.99.